The second-order valence-corrected chi connectivity index (χ2v) is 8.52. The maximum absolute atomic E-state index is 14.8. The Morgan fingerprint density at radius 1 is 1.20 bits per heavy atom. The monoisotopic (exact) mass is 482 g/mol. The number of amides is 2. The fraction of sp³-hybridized carbons (Fsp3) is 0.320. The van der Waals surface area contributed by atoms with Gasteiger partial charge in [0.1, 0.15) is 17.6 Å². The van der Waals surface area contributed by atoms with Crippen molar-refractivity contribution in [1.82, 2.24) is 14.7 Å². The molecule has 10 heteroatoms. The molecule has 2 atom stereocenters. The number of aliphatic hydroxyl groups is 1. The highest BCUT2D eigenvalue weighted by Gasteiger charge is 2.29. The zero-order valence-electron chi connectivity index (χ0n) is 19.7. The summed E-state index contributed by atoms with van der Waals surface area (Å²) in [6.07, 6.45) is 2.08. The van der Waals surface area contributed by atoms with E-state index in [1.807, 2.05) is 6.92 Å². The number of rotatable bonds is 8. The molecule has 35 heavy (non-hydrogen) atoms. The molecule has 1 aliphatic heterocycles. The lowest BCUT2D eigenvalue weighted by molar-refractivity contribution is 0.0501. The van der Waals surface area contributed by atoms with Gasteiger partial charge in [-0.15, -0.1) is 0 Å². The lowest BCUT2D eigenvalue weighted by Crippen LogP contribution is -2.49. The third kappa shape index (κ3) is 5.60. The predicted molar refractivity (Wildman–Crippen MR) is 126 cm³/mol. The molecule has 0 aliphatic carbocycles. The number of hydrogen-bond donors (Lipinski definition) is 2. The van der Waals surface area contributed by atoms with Crippen molar-refractivity contribution in [3.63, 3.8) is 0 Å². The molecule has 9 nitrogen and oxygen atoms in total. The molecular formula is C25H27FN4O5. The van der Waals surface area contributed by atoms with Crippen LogP contribution < -0.4 is 14.8 Å². The normalized spacial score (nSPS) is 15.8. The minimum Gasteiger partial charge on any atom is -0.488 e. The zero-order chi connectivity index (χ0) is 25.1. The van der Waals surface area contributed by atoms with Gasteiger partial charge in [0.15, 0.2) is 17.4 Å². The van der Waals surface area contributed by atoms with Crippen molar-refractivity contribution in [3.8, 4) is 17.2 Å². The average Bonchev–Trinajstić information content (AvgIpc) is 3.23. The van der Waals surface area contributed by atoms with Gasteiger partial charge in [0.05, 0.1) is 6.61 Å². The number of ether oxygens (including phenoxy) is 2. The Bertz CT molecular complexity index is 1240. The molecule has 1 saturated heterocycles. The molecule has 2 unspecified atom stereocenters. The topological polar surface area (TPSA) is 106 Å². The van der Waals surface area contributed by atoms with Gasteiger partial charge in [-0.2, -0.15) is 5.10 Å². The first-order valence-corrected chi connectivity index (χ1v) is 11.3. The van der Waals surface area contributed by atoms with E-state index in [-0.39, 0.29) is 46.9 Å². The van der Waals surface area contributed by atoms with Gasteiger partial charge in [0.25, 0.3) is 11.8 Å². The van der Waals surface area contributed by atoms with E-state index in [2.05, 4.69) is 10.4 Å². The molecule has 4 rings (SSSR count). The van der Waals surface area contributed by atoms with Crippen LogP contribution >= 0.6 is 0 Å². The smallest absolute Gasteiger partial charge is 0.257 e. The molecular weight excluding hydrogens is 455 g/mol. The predicted octanol–water partition coefficient (Wildman–Crippen LogP) is 3.60. The first-order valence-electron chi connectivity index (χ1n) is 11.3. The lowest BCUT2D eigenvalue weighted by atomic mass is 10.0. The third-order valence-electron chi connectivity index (χ3n) is 5.68. The number of nitrogens with one attached hydrogen (secondary N) is 1. The van der Waals surface area contributed by atoms with Crippen LogP contribution in [0.5, 0.6) is 17.2 Å². The van der Waals surface area contributed by atoms with Crippen molar-refractivity contribution in [2.45, 2.75) is 32.4 Å². The summed E-state index contributed by atoms with van der Waals surface area (Å²) in [5, 5.41) is 16.1. The summed E-state index contributed by atoms with van der Waals surface area (Å²) in [5.74, 6) is -0.753. The second kappa shape index (κ2) is 10.1. The Labute approximate surface area is 202 Å². The van der Waals surface area contributed by atoms with Crippen LogP contribution in [-0.2, 0) is 7.05 Å². The molecule has 3 aromatic rings. The van der Waals surface area contributed by atoms with E-state index in [0.717, 1.165) is 12.5 Å². The summed E-state index contributed by atoms with van der Waals surface area (Å²) in [6.45, 7) is 4.03. The third-order valence-corrected chi connectivity index (χ3v) is 5.68. The quantitative estimate of drug-likeness (QED) is 0.508. The molecule has 184 valence electrons. The summed E-state index contributed by atoms with van der Waals surface area (Å²) in [5.41, 5.74) is 0.429. The zero-order valence-corrected chi connectivity index (χ0v) is 19.7. The molecule has 2 aromatic carbocycles. The van der Waals surface area contributed by atoms with Crippen molar-refractivity contribution < 1.29 is 28.6 Å². The molecule has 0 bridgehead atoms. The van der Waals surface area contributed by atoms with Gasteiger partial charge in [-0.25, -0.2) is 4.39 Å². The van der Waals surface area contributed by atoms with Crippen molar-refractivity contribution >= 4 is 17.6 Å². The van der Waals surface area contributed by atoms with Gasteiger partial charge in [-0.3, -0.25) is 14.3 Å². The number of nitrogens with zero attached hydrogens (tertiary/aromatic N) is 3. The number of carbonyl (C=O) groups excluding carboxylic acids is 2. The number of hydrogen-bond acceptors (Lipinski definition) is 6. The highest BCUT2D eigenvalue weighted by Crippen LogP contribution is 2.31. The van der Waals surface area contributed by atoms with Gasteiger partial charge >= 0.3 is 0 Å². The van der Waals surface area contributed by atoms with Crippen molar-refractivity contribution in [3.05, 3.63) is 65.6 Å². The van der Waals surface area contributed by atoms with E-state index in [0.29, 0.717) is 12.4 Å². The van der Waals surface area contributed by atoms with Crippen molar-refractivity contribution in [1.29, 1.82) is 0 Å². The summed E-state index contributed by atoms with van der Waals surface area (Å²) in [6, 6.07) is 10.2. The molecule has 0 saturated carbocycles. The van der Waals surface area contributed by atoms with Gasteiger partial charge in [-0.1, -0.05) is 0 Å². The standard InChI is InChI=1S/C25H27FN4O5/c1-15-6-9-30(15)25(33)17-4-5-22(21(26)12-17)35-20-11-18(10-19(13-20)34-16(2)14-31)24(32)27-23-7-8-29(3)28-23/h4-5,7-8,10-13,15-16,31H,6,9,14H2,1-3H3,(H,27,28,32). The van der Waals surface area contributed by atoms with Crippen LogP contribution in [0.2, 0.25) is 0 Å². The van der Waals surface area contributed by atoms with Gasteiger partial charge in [0.2, 0.25) is 0 Å². The highest BCUT2D eigenvalue weighted by atomic mass is 19.1. The van der Waals surface area contributed by atoms with Crippen molar-refractivity contribution in [2.24, 2.45) is 7.05 Å². The maximum Gasteiger partial charge on any atom is 0.257 e. The fourth-order valence-electron chi connectivity index (χ4n) is 3.60. The summed E-state index contributed by atoms with van der Waals surface area (Å²) in [7, 11) is 1.73. The molecule has 2 heterocycles. The molecule has 2 N–H and O–H groups in total. The molecule has 0 spiro atoms. The van der Waals surface area contributed by atoms with Crippen LogP contribution in [0.15, 0.2) is 48.7 Å². The number of likely N-dealkylation sites (tertiary alicyclic amines) is 1. The number of carbonyl (C=O) groups is 2. The van der Waals surface area contributed by atoms with Crippen LogP contribution in [0.1, 0.15) is 41.0 Å². The number of anilines is 1. The fourth-order valence-corrected chi connectivity index (χ4v) is 3.60. The second-order valence-electron chi connectivity index (χ2n) is 8.52. The van der Waals surface area contributed by atoms with Crippen LogP contribution in [0.4, 0.5) is 10.2 Å². The van der Waals surface area contributed by atoms with E-state index in [9.17, 15) is 19.1 Å². The van der Waals surface area contributed by atoms with Crippen LogP contribution in [0.25, 0.3) is 0 Å². The molecule has 1 fully saturated rings. The number of aryl methyl sites for hydroxylation is 1. The average molecular weight is 483 g/mol. The van der Waals surface area contributed by atoms with Crippen molar-refractivity contribution in [2.75, 3.05) is 18.5 Å². The van der Waals surface area contributed by atoms with Crippen LogP contribution in [0, 0.1) is 5.82 Å². The first kappa shape index (κ1) is 24.2. The number of aromatic nitrogens is 2. The number of halogens is 1. The Kier molecular flexibility index (Phi) is 7.02. The molecule has 0 radical (unpaired) electrons. The molecule has 1 aliphatic rings. The summed E-state index contributed by atoms with van der Waals surface area (Å²) in [4.78, 5) is 27.0. The maximum atomic E-state index is 14.8. The van der Waals surface area contributed by atoms with E-state index < -0.39 is 17.8 Å². The SMILES string of the molecule is CC(CO)Oc1cc(Oc2ccc(C(=O)N3CCC3C)cc2F)cc(C(=O)Nc2ccn(C)n2)c1. The van der Waals surface area contributed by atoms with E-state index >= 15 is 0 Å². The Morgan fingerprint density at radius 3 is 2.57 bits per heavy atom. The van der Waals surface area contributed by atoms with Gasteiger partial charge < -0.3 is 24.8 Å². The van der Waals surface area contributed by atoms with E-state index in [1.54, 1.807) is 35.8 Å². The van der Waals surface area contributed by atoms with Gasteiger partial charge in [-0.05, 0) is 50.6 Å². The lowest BCUT2D eigenvalue weighted by Gasteiger charge is -2.38. The molecule has 1 aromatic heterocycles. The number of benzene rings is 2. The van der Waals surface area contributed by atoms with Gasteiger partial charge in [0, 0.05) is 49.1 Å². The van der Waals surface area contributed by atoms with E-state index in [1.165, 1.54) is 30.3 Å². The van der Waals surface area contributed by atoms with E-state index in [4.69, 9.17) is 9.47 Å². The molecule has 2 amide bonds. The summed E-state index contributed by atoms with van der Waals surface area (Å²) < 4.78 is 27.8. The van der Waals surface area contributed by atoms with Crippen LogP contribution in [-0.4, -0.2) is 56.9 Å². The summed E-state index contributed by atoms with van der Waals surface area (Å²) >= 11 is 0. The first-order chi connectivity index (χ1) is 16.7. The minimum atomic E-state index is -0.710. The largest absolute Gasteiger partial charge is 0.488 e. The Hall–Kier alpha value is -3.92. The Balaban J connectivity index is 1.58. The minimum absolute atomic E-state index is 0.110. The highest BCUT2D eigenvalue weighted by molar-refractivity contribution is 6.04. The Morgan fingerprint density at radius 2 is 1.97 bits per heavy atom. The van der Waals surface area contributed by atoms with Crippen LogP contribution in [0.3, 0.4) is 0 Å². The number of aliphatic hydroxyl groups excluding tert-OH is 1.